The first kappa shape index (κ1) is 9.09. The normalized spacial score (nSPS) is 9.58. The molecule has 0 aliphatic rings. The summed E-state index contributed by atoms with van der Waals surface area (Å²) in [6, 6.07) is 2.06. The highest BCUT2D eigenvalue weighted by Gasteiger charge is 2.04. The van der Waals surface area contributed by atoms with Crippen LogP contribution < -0.4 is 5.19 Å². The van der Waals surface area contributed by atoms with Crippen LogP contribution >= 0.6 is 0 Å². The van der Waals surface area contributed by atoms with E-state index in [0.29, 0.717) is 0 Å². The van der Waals surface area contributed by atoms with E-state index in [2.05, 4.69) is 43.0 Å². The van der Waals surface area contributed by atoms with Crippen molar-refractivity contribution in [1.82, 2.24) is 0 Å². The molecule has 59 valence electrons. The molecule has 0 amide bonds. The largest absolute Gasteiger partial charge is 0.115 e. The van der Waals surface area contributed by atoms with E-state index in [0.717, 1.165) is 10.8 Å². The van der Waals surface area contributed by atoms with Crippen molar-refractivity contribution in [2.75, 3.05) is 0 Å². The Morgan fingerprint density at radius 3 is 2.33 bits per heavy atom. The Morgan fingerprint density at radius 2 is 1.83 bits per heavy atom. The van der Waals surface area contributed by atoms with Gasteiger partial charge in [0.2, 0.25) is 0 Å². The molecule has 0 N–H and O–H groups in total. The number of hydrogen-bond donors (Lipinski definition) is 0. The molecular formula is C11H11Si. The van der Waals surface area contributed by atoms with Crippen molar-refractivity contribution < 1.29 is 0 Å². The zero-order valence-corrected chi connectivity index (χ0v) is 8.65. The van der Waals surface area contributed by atoms with E-state index in [4.69, 9.17) is 6.42 Å². The Balaban J connectivity index is 3.54. The lowest BCUT2D eigenvalue weighted by Gasteiger charge is -2.09. The smallest absolute Gasteiger partial charge is 0.0729 e. The van der Waals surface area contributed by atoms with E-state index < -0.39 is 0 Å². The predicted molar refractivity (Wildman–Crippen MR) is 54.0 cm³/mol. The van der Waals surface area contributed by atoms with Crippen molar-refractivity contribution in [1.29, 1.82) is 0 Å². The topological polar surface area (TPSA) is 0 Å². The van der Waals surface area contributed by atoms with Gasteiger partial charge in [-0.2, -0.15) is 0 Å². The van der Waals surface area contributed by atoms with Crippen LogP contribution in [0.5, 0.6) is 0 Å². The summed E-state index contributed by atoms with van der Waals surface area (Å²) >= 11 is 0. The molecule has 0 aliphatic heterocycles. The summed E-state index contributed by atoms with van der Waals surface area (Å²) in [6.45, 7) is 6.24. The average molecular weight is 171 g/mol. The number of rotatable bonds is 0. The zero-order chi connectivity index (χ0) is 9.30. The van der Waals surface area contributed by atoms with Gasteiger partial charge in [0, 0.05) is 5.56 Å². The van der Waals surface area contributed by atoms with Crippen LogP contribution in [0.25, 0.3) is 0 Å². The van der Waals surface area contributed by atoms with Crippen molar-refractivity contribution in [3.8, 4) is 12.3 Å². The van der Waals surface area contributed by atoms with Gasteiger partial charge in [-0.1, -0.05) is 17.2 Å². The molecule has 1 aromatic rings. The molecule has 0 fully saturated rings. The maximum atomic E-state index is 5.39. The molecule has 0 aliphatic carbocycles. The Hall–Kier alpha value is -1.00. The summed E-state index contributed by atoms with van der Waals surface area (Å²) in [5, 5.41) is 1.01. The molecule has 0 nitrogen and oxygen atoms in total. The van der Waals surface area contributed by atoms with Crippen LogP contribution in [0.3, 0.4) is 0 Å². The van der Waals surface area contributed by atoms with Gasteiger partial charge in [-0.3, -0.25) is 0 Å². The summed E-state index contributed by atoms with van der Waals surface area (Å²) in [7, 11) is 3.50. The van der Waals surface area contributed by atoms with Gasteiger partial charge in [-0.15, -0.1) is 6.42 Å². The van der Waals surface area contributed by atoms with Crippen molar-refractivity contribution in [2.45, 2.75) is 20.8 Å². The molecule has 1 aromatic carbocycles. The van der Waals surface area contributed by atoms with Crippen LogP contribution in [-0.4, -0.2) is 10.2 Å². The Bertz CT molecular complexity index is 356. The Kier molecular flexibility index (Phi) is 2.39. The number of hydrogen-bond acceptors (Lipinski definition) is 0. The third-order valence-corrected chi connectivity index (χ3v) is 2.70. The zero-order valence-electron chi connectivity index (χ0n) is 7.65. The molecule has 0 spiro atoms. The van der Waals surface area contributed by atoms with E-state index in [-0.39, 0.29) is 0 Å². The highest BCUT2D eigenvalue weighted by Crippen LogP contribution is 2.13. The molecule has 0 unspecified atom stereocenters. The molecule has 1 heteroatoms. The molecule has 0 heterocycles. The standard InChI is InChI=1S/C11H11Si/c1-5-10-9(4)8(3)7(2)6-11(10)12/h1,6H,2-4H3. The SMILES string of the molecule is C#Cc1c([Si])cc(C)c(C)c1C. The minimum absolute atomic E-state index is 0.967. The van der Waals surface area contributed by atoms with Crippen LogP contribution in [0.1, 0.15) is 22.3 Å². The van der Waals surface area contributed by atoms with Crippen molar-refractivity contribution >= 4 is 15.4 Å². The molecule has 0 saturated heterocycles. The van der Waals surface area contributed by atoms with Gasteiger partial charge in [-0.05, 0) is 37.5 Å². The fourth-order valence-electron chi connectivity index (χ4n) is 1.27. The molecule has 1 rings (SSSR count). The number of terminal acetylenes is 1. The van der Waals surface area contributed by atoms with Crippen LogP contribution in [0, 0.1) is 33.1 Å². The summed E-state index contributed by atoms with van der Waals surface area (Å²) in [5.74, 6) is 2.68. The van der Waals surface area contributed by atoms with Crippen molar-refractivity contribution in [2.24, 2.45) is 0 Å². The first-order valence-corrected chi connectivity index (χ1v) is 4.37. The third kappa shape index (κ3) is 1.31. The van der Waals surface area contributed by atoms with Gasteiger partial charge >= 0.3 is 0 Å². The lowest BCUT2D eigenvalue weighted by Crippen LogP contribution is -2.12. The highest BCUT2D eigenvalue weighted by atomic mass is 28.1. The van der Waals surface area contributed by atoms with Gasteiger partial charge in [0.15, 0.2) is 0 Å². The lowest BCUT2D eigenvalue weighted by molar-refractivity contribution is 1.27. The minimum atomic E-state index is 0.967. The first-order valence-electron chi connectivity index (χ1n) is 3.87. The fourth-order valence-corrected chi connectivity index (χ4v) is 1.74. The van der Waals surface area contributed by atoms with E-state index in [1.807, 2.05) is 0 Å². The average Bonchev–Trinajstić information content (AvgIpc) is 2.01. The maximum Gasteiger partial charge on any atom is 0.0729 e. The molecule has 0 aromatic heterocycles. The summed E-state index contributed by atoms with van der Waals surface area (Å²) in [4.78, 5) is 0. The van der Waals surface area contributed by atoms with E-state index in [1.54, 1.807) is 0 Å². The van der Waals surface area contributed by atoms with Crippen LogP contribution in [-0.2, 0) is 0 Å². The van der Waals surface area contributed by atoms with E-state index >= 15 is 0 Å². The molecule has 3 radical (unpaired) electrons. The van der Waals surface area contributed by atoms with Crippen LogP contribution in [0.2, 0.25) is 0 Å². The fraction of sp³-hybridized carbons (Fsp3) is 0.273. The first-order chi connectivity index (χ1) is 5.57. The Labute approximate surface area is 77.4 Å². The highest BCUT2D eigenvalue weighted by molar-refractivity contribution is 6.34. The summed E-state index contributed by atoms with van der Waals surface area (Å²) in [5.41, 5.74) is 4.72. The summed E-state index contributed by atoms with van der Waals surface area (Å²) in [6.07, 6.45) is 5.39. The van der Waals surface area contributed by atoms with Crippen LogP contribution in [0.4, 0.5) is 0 Å². The molecule has 12 heavy (non-hydrogen) atoms. The van der Waals surface area contributed by atoms with Gasteiger partial charge < -0.3 is 0 Å². The van der Waals surface area contributed by atoms with Crippen LogP contribution in [0.15, 0.2) is 6.07 Å². The van der Waals surface area contributed by atoms with Gasteiger partial charge in [0.05, 0.1) is 10.2 Å². The Morgan fingerprint density at radius 1 is 1.25 bits per heavy atom. The van der Waals surface area contributed by atoms with Crippen molar-refractivity contribution in [3.05, 3.63) is 28.3 Å². The monoisotopic (exact) mass is 171 g/mol. The van der Waals surface area contributed by atoms with E-state index in [9.17, 15) is 0 Å². The summed E-state index contributed by atoms with van der Waals surface area (Å²) < 4.78 is 0. The predicted octanol–water partition coefficient (Wildman–Crippen LogP) is 1.39. The molecule has 0 atom stereocenters. The minimum Gasteiger partial charge on any atom is -0.115 e. The lowest BCUT2D eigenvalue weighted by atomic mass is 9.99. The number of aryl methyl sites for hydroxylation is 1. The second kappa shape index (κ2) is 3.16. The third-order valence-electron chi connectivity index (χ3n) is 2.30. The molecule has 0 bridgehead atoms. The van der Waals surface area contributed by atoms with Gasteiger partial charge in [-0.25, -0.2) is 0 Å². The van der Waals surface area contributed by atoms with Gasteiger partial charge in [0.25, 0.3) is 0 Å². The van der Waals surface area contributed by atoms with Crippen molar-refractivity contribution in [3.63, 3.8) is 0 Å². The van der Waals surface area contributed by atoms with E-state index in [1.165, 1.54) is 16.7 Å². The molecule has 0 saturated carbocycles. The quantitative estimate of drug-likeness (QED) is 0.409. The van der Waals surface area contributed by atoms with Gasteiger partial charge in [0.1, 0.15) is 0 Å². The second-order valence-corrected chi connectivity index (χ2v) is 3.55. The maximum absolute atomic E-state index is 5.39. The number of benzene rings is 1. The second-order valence-electron chi connectivity index (χ2n) is 3.01. The molecular weight excluding hydrogens is 160 g/mol.